The molecule has 23 heavy (non-hydrogen) atoms. The third-order valence-corrected chi connectivity index (χ3v) is 5.27. The molecule has 0 unspecified atom stereocenters. The summed E-state index contributed by atoms with van der Waals surface area (Å²) in [6.07, 6.45) is 0. The van der Waals surface area contributed by atoms with Crippen LogP contribution in [0, 0.1) is 18.3 Å². The zero-order valence-electron chi connectivity index (χ0n) is 12.4. The quantitative estimate of drug-likeness (QED) is 0.774. The monoisotopic (exact) mass is 346 g/mol. The number of rotatable bonds is 5. The van der Waals surface area contributed by atoms with E-state index in [1.165, 1.54) is 23.1 Å². The maximum Gasteiger partial charge on any atom is 0.167 e. The van der Waals surface area contributed by atoms with Crippen molar-refractivity contribution in [3.8, 4) is 17.6 Å². The summed E-state index contributed by atoms with van der Waals surface area (Å²) in [7, 11) is 0. The molecule has 118 valence electrons. The van der Waals surface area contributed by atoms with Gasteiger partial charge in [-0.3, -0.25) is 4.79 Å². The Morgan fingerprint density at radius 3 is 2.91 bits per heavy atom. The maximum atomic E-state index is 12.3. The van der Waals surface area contributed by atoms with Crippen LogP contribution in [0.15, 0.2) is 28.5 Å². The van der Waals surface area contributed by atoms with Crippen LogP contribution in [0.2, 0.25) is 0 Å². The molecule has 1 aromatic heterocycles. The van der Waals surface area contributed by atoms with Gasteiger partial charge in [-0.1, -0.05) is 0 Å². The van der Waals surface area contributed by atoms with Crippen molar-refractivity contribution < 1.29 is 14.3 Å². The number of aromatic nitrogens is 1. The molecule has 0 saturated heterocycles. The molecule has 1 atom stereocenters. The summed E-state index contributed by atoms with van der Waals surface area (Å²) >= 11 is 2.74. The fraction of sp³-hybridized carbons (Fsp3) is 0.312. The Kier molecular flexibility index (Phi) is 4.84. The van der Waals surface area contributed by atoms with Crippen molar-refractivity contribution in [3.05, 3.63) is 34.3 Å². The molecule has 0 spiro atoms. The summed E-state index contributed by atoms with van der Waals surface area (Å²) in [5.41, 5.74) is 0.831. The second kappa shape index (κ2) is 7.02. The molecule has 0 fully saturated rings. The van der Waals surface area contributed by atoms with Crippen molar-refractivity contribution in [3.63, 3.8) is 0 Å². The fourth-order valence-corrected chi connectivity index (χ4v) is 3.81. The molecule has 1 aromatic carbocycles. The standard InChI is InChI=1S/C16H14N2O3S2/c1-10-8-23-16(18-10)12(7-17)13(19)9-22-11-2-3-14-15(6-11)21-5-4-20-14/h2-3,6,8,12H,4-5,9H2,1H3/t12-/m0/s1. The van der Waals surface area contributed by atoms with Gasteiger partial charge in [-0.05, 0) is 25.1 Å². The Hall–Kier alpha value is -2.04. The van der Waals surface area contributed by atoms with Gasteiger partial charge in [0.25, 0.3) is 0 Å². The van der Waals surface area contributed by atoms with Gasteiger partial charge in [0.1, 0.15) is 18.2 Å². The third-order valence-electron chi connectivity index (χ3n) is 3.23. The highest BCUT2D eigenvalue weighted by Crippen LogP contribution is 2.34. The Morgan fingerprint density at radius 2 is 2.22 bits per heavy atom. The first-order valence-electron chi connectivity index (χ1n) is 7.04. The molecule has 2 heterocycles. The number of aryl methyl sites for hydroxylation is 1. The highest BCUT2D eigenvalue weighted by Gasteiger charge is 2.23. The Morgan fingerprint density at radius 1 is 1.43 bits per heavy atom. The number of carbonyl (C=O) groups excluding carboxylic acids is 1. The lowest BCUT2D eigenvalue weighted by Crippen LogP contribution is -2.15. The van der Waals surface area contributed by atoms with E-state index in [9.17, 15) is 10.1 Å². The molecular formula is C16H14N2O3S2. The number of fused-ring (bicyclic) bond motifs is 1. The van der Waals surface area contributed by atoms with Crippen molar-refractivity contribution in [1.29, 1.82) is 5.26 Å². The van der Waals surface area contributed by atoms with E-state index in [1.807, 2.05) is 30.5 Å². The van der Waals surface area contributed by atoms with Gasteiger partial charge in [0.05, 0.1) is 11.8 Å². The molecule has 0 N–H and O–H groups in total. The summed E-state index contributed by atoms with van der Waals surface area (Å²) in [5, 5.41) is 11.7. The summed E-state index contributed by atoms with van der Waals surface area (Å²) in [4.78, 5) is 17.5. The summed E-state index contributed by atoms with van der Waals surface area (Å²) < 4.78 is 11.0. The minimum atomic E-state index is -0.793. The second-order valence-electron chi connectivity index (χ2n) is 4.95. The predicted octanol–water partition coefficient (Wildman–Crippen LogP) is 3.19. The number of nitrogens with zero attached hydrogens (tertiary/aromatic N) is 2. The zero-order chi connectivity index (χ0) is 16.2. The molecule has 7 heteroatoms. The number of ether oxygens (including phenoxy) is 2. The first-order chi connectivity index (χ1) is 11.2. The number of ketones is 1. The molecule has 0 radical (unpaired) electrons. The van der Waals surface area contributed by atoms with Gasteiger partial charge in [0.15, 0.2) is 23.2 Å². The van der Waals surface area contributed by atoms with E-state index in [1.54, 1.807) is 0 Å². The van der Waals surface area contributed by atoms with Gasteiger partial charge in [-0.2, -0.15) is 5.26 Å². The highest BCUT2D eigenvalue weighted by molar-refractivity contribution is 8.00. The number of hydrogen-bond acceptors (Lipinski definition) is 7. The van der Waals surface area contributed by atoms with E-state index in [-0.39, 0.29) is 11.5 Å². The van der Waals surface area contributed by atoms with Crippen molar-refractivity contribution >= 4 is 28.9 Å². The first kappa shape index (κ1) is 15.8. The van der Waals surface area contributed by atoms with E-state index in [0.29, 0.717) is 24.0 Å². The van der Waals surface area contributed by atoms with Gasteiger partial charge < -0.3 is 9.47 Å². The normalized spacial score (nSPS) is 14.1. The molecule has 0 amide bonds. The van der Waals surface area contributed by atoms with E-state index in [4.69, 9.17) is 9.47 Å². The predicted molar refractivity (Wildman–Crippen MR) is 88.4 cm³/mol. The Balaban J connectivity index is 1.65. The van der Waals surface area contributed by atoms with Gasteiger partial charge in [-0.15, -0.1) is 23.1 Å². The molecule has 5 nitrogen and oxygen atoms in total. The minimum Gasteiger partial charge on any atom is -0.486 e. The van der Waals surface area contributed by atoms with Crippen LogP contribution in [0.1, 0.15) is 16.6 Å². The molecule has 0 saturated carbocycles. The van der Waals surface area contributed by atoms with E-state index in [0.717, 1.165) is 16.3 Å². The first-order valence-corrected chi connectivity index (χ1v) is 8.90. The number of nitriles is 1. The fourth-order valence-electron chi connectivity index (χ4n) is 2.12. The minimum absolute atomic E-state index is 0.137. The average molecular weight is 346 g/mol. The van der Waals surface area contributed by atoms with E-state index in [2.05, 4.69) is 11.1 Å². The van der Waals surface area contributed by atoms with E-state index < -0.39 is 5.92 Å². The van der Waals surface area contributed by atoms with Gasteiger partial charge >= 0.3 is 0 Å². The second-order valence-corrected chi connectivity index (χ2v) is 6.89. The smallest absolute Gasteiger partial charge is 0.167 e. The summed E-state index contributed by atoms with van der Waals surface area (Å²) in [5.74, 6) is 0.706. The van der Waals surface area contributed by atoms with Crippen LogP contribution in [0.25, 0.3) is 0 Å². The maximum absolute atomic E-state index is 12.3. The van der Waals surface area contributed by atoms with E-state index >= 15 is 0 Å². The van der Waals surface area contributed by atoms with Crippen LogP contribution >= 0.6 is 23.1 Å². The summed E-state index contributed by atoms with van der Waals surface area (Å²) in [6, 6.07) is 7.65. The number of thioether (sulfide) groups is 1. The Labute approximate surface area is 142 Å². The van der Waals surface area contributed by atoms with Crippen LogP contribution in [0.3, 0.4) is 0 Å². The number of thiazole rings is 1. The molecule has 0 bridgehead atoms. The third kappa shape index (κ3) is 3.66. The van der Waals surface area contributed by atoms with Gasteiger partial charge in [0, 0.05) is 16.0 Å². The van der Waals surface area contributed by atoms with Crippen LogP contribution < -0.4 is 9.47 Å². The topological polar surface area (TPSA) is 72.2 Å². The average Bonchev–Trinajstić information content (AvgIpc) is 2.99. The number of benzene rings is 1. The van der Waals surface area contributed by atoms with Crippen molar-refractivity contribution in [2.75, 3.05) is 19.0 Å². The lowest BCUT2D eigenvalue weighted by molar-refractivity contribution is -0.116. The lowest BCUT2D eigenvalue weighted by Gasteiger charge is -2.18. The lowest BCUT2D eigenvalue weighted by atomic mass is 10.1. The molecule has 0 aliphatic carbocycles. The molecule has 3 rings (SSSR count). The van der Waals surface area contributed by atoms with Crippen molar-refractivity contribution in [1.82, 2.24) is 4.98 Å². The summed E-state index contributed by atoms with van der Waals surface area (Å²) in [6.45, 7) is 2.93. The van der Waals surface area contributed by atoms with Crippen LogP contribution in [-0.2, 0) is 4.79 Å². The zero-order valence-corrected chi connectivity index (χ0v) is 14.1. The van der Waals surface area contributed by atoms with Gasteiger partial charge in [0.2, 0.25) is 0 Å². The molecule has 1 aliphatic rings. The largest absolute Gasteiger partial charge is 0.486 e. The van der Waals surface area contributed by atoms with Gasteiger partial charge in [-0.25, -0.2) is 4.98 Å². The van der Waals surface area contributed by atoms with Crippen molar-refractivity contribution in [2.24, 2.45) is 0 Å². The van der Waals surface area contributed by atoms with Crippen LogP contribution in [-0.4, -0.2) is 29.7 Å². The molecular weight excluding hydrogens is 332 g/mol. The van der Waals surface area contributed by atoms with Crippen LogP contribution in [0.5, 0.6) is 11.5 Å². The molecule has 2 aromatic rings. The highest BCUT2D eigenvalue weighted by atomic mass is 32.2. The SMILES string of the molecule is Cc1csc([C@@H](C#N)C(=O)CSc2ccc3c(c2)OCCO3)n1. The van der Waals surface area contributed by atoms with Crippen LogP contribution in [0.4, 0.5) is 0 Å². The number of hydrogen-bond donors (Lipinski definition) is 0. The molecule has 1 aliphatic heterocycles. The van der Waals surface area contributed by atoms with Crippen molar-refractivity contribution in [2.45, 2.75) is 17.7 Å². The number of Topliss-reactive ketones (excluding diaryl/α,β-unsaturated/α-hetero) is 1. The number of carbonyl (C=O) groups is 1. The Bertz CT molecular complexity index is 767.